The summed E-state index contributed by atoms with van der Waals surface area (Å²) < 4.78 is 33.7. The van der Waals surface area contributed by atoms with Crippen LogP contribution in [0.4, 0.5) is 0 Å². The average Bonchev–Trinajstić information content (AvgIpc) is 2.54. The van der Waals surface area contributed by atoms with Gasteiger partial charge in [0.1, 0.15) is 10.6 Å². The van der Waals surface area contributed by atoms with E-state index in [1.54, 1.807) is 22.5 Å². The molecule has 2 fully saturated rings. The highest BCUT2D eigenvalue weighted by Gasteiger charge is 2.37. The number of hydrogen-bond donors (Lipinski definition) is 0. The minimum atomic E-state index is -3.50. The SMILES string of the molecule is COc1ccc(Br)cc1S(=O)(=O)N1CC[C@@H]2CCCC[C@@H]2C1. The summed E-state index contributed by atoms with van der Waals surface area (Å²) in [6, 6.07) is 5.14. The number of rotatable bonds is 3. The quantitative estimate of drug-likeness (QED) is 0.794. The van der Waals surface area contributed by atoms with Gasteiger partial charge in [0, 0.05) is 17.6 Å². The van der Waals surface area contributed by atoms with Gasteiger partial charge in [0.2, 0.25) is 10.0 Å². The Kier molecular flexibility index (Phi) is 4.80. The first-order chi connectivity index (χ1) is 10.5. The van der Waals surface area contributed by atoms with Crippen LogP contribution in [-0.4, -0.2) is 32.9 Å². The van der Waals surface area contributed by atoms with Crippen molar-refractivity contribution in [2.75, 3.05) is 20.2 Å². The first-order valence-electron chi connectivity index (χ1n) is 7.86. The Hall–Kier alpha value is -0.590. The highest BCUT2D eigenvalue weighted by molar-refractivity contribution is 9.10. The highest BCUT2D eigenvalue weighted by Crippen LogP contribution is 2.39. The molecule has 0 aromatic heterocycles. The van der Waals surface area contributed by atoms with Crippen molar-refractivity contribution in [3.8, 4) is 5.75 Å². The summed E-state index contributed by atoms with van der Waals surface area (Å²) >= 11 is 3.36. The Morgan fingerprint density at radius 2 is 1.91 bits per heavy atom. The fraction of sp³-hybridized carbons (Fsp3) is 0.625. The van der Waals surface area contributed by atoms with Crippen LogP contribution in [0, 0.1) is 11.8 Å². The summed E-state index contributed by atoms with van der Waals surface area (Å²) in [6.45, 7) is 1.28. The Bertz CT molecular complexity index is 647. The van der Waals surface area contributed by atoms with Crippen molar-refractivity contribution in [2.45, 2.75) is 37.0 Å². The van der Waals surface area contributed by atoms with Crippen LogP contribution >= 0.6 is 15.9 Å². The van der Waals surface area contributed by atoms with Gasteiger partial charge in [0.25, 0.3) is 0 Å². The predicted molar refractivity (Wildman–Crippen MR) is 89.5 cm³/mol. The van der Waals surface area contributed by atoms with Gasteiger partial charge in [-0.3, -0.25) is 0 Å². The Morgan fingerprint density at radius 1 is 1.18 bits per heavy atom. The summed E-state index contributed by atoms with van der Waals surface area (Å²) in [6.07, 6.45) is 5.94. The van der Waals surface area contributed by atoms with E-state index < -0.39 is 10.0 Å². The number of ether oxygens (including phenoxy) is 1. The van der Waals surface area contributed by atoms with E-state index in [0.29, 0.717) is 30.7 Å². The number of benzene rings is 1. The molecule has 1 aliphatic heterocycles. The third-order valence-corrected chi connectivity index (χ3v) is 7.38. The molecule has 2 atom stereocenters. The predicted octanol–water partition coefficient (Wildman–Crippen LogP) is 3.66. The van der Waals surface area contributed by atoms with Crippen molar-refractivity contribution in [3.63, 3.8) is 0 Å². The van der Waals surface area contributed by atoms with Crippen molar-refractivity contribution in [2.24, 2.45) is 11.8 Å². The number of nitrogens with zero attached hydrogens (tertiary/aromatic N) is 1. The molecule has 3 rings (SSSR count). The van der Waals surface area contributed by atoms with Crippen molar-refractivity contribution in [1.29, 1.82) is 0 Å². The maximum Gasteiger partial charge on any atom is 0.246 e. The van der Waals surface area contributed by atoms with E-state index >= 15 is 0 Å². The molecule has 1 aliphatic carbocycles. The normalized spacial score (nSPS) is 26.5. The van der Waals surface area contributed by atoms with E-state index in [2.05, 4.69) is 15.9 Å². The van der Waals surface area contributed by atoms with Crippen LogP contribution in [-0.2, 0) is 10.0 Å². The number of fused-ring (bicyclic) bond motifs is 1. The fourth-order valence-electron chi connectivity index (χ4n) is 3.78. The van der Waals surface area contributed by atoms with Gasteiger partial charge in [0.05, 0.1) is 7.11 Å². The average molecular weight is 388 g/mol. The first-order valence-corrected chi connectivity index (χ1v) is 10.1. The van der Waals surface area contributed by atoms with Crippen LogP contribution in [0.3, 0.4) is 0 Å². The van der Waals surface area contributed by atoms with Gasteiger partial charge in [-0.2, -0.15) is 4.31 Å². The number of sulfonamides is 1. The largest absolute Gasteiger partial charge is 0.495 e. The summed E-state index contributed by atoms with van der Waals surface area (Å²) in [5.41, 5.74) is 0. The fourth-order valence-corrected chi connectivity index (χ4v) is 5.98. The number of methoxy groups -OCH3 is 1. The summed E-state index contributed by atoms with van der Waals surface area (Å²) in [7, 11) is -1.99. The molecule has 0 amide bonds. The lowest BCUT2D eigenvalue weighted by molar-refractivity contribution is 0.136. The molecule has 0 bridgehead atoms. The molecule has 1 saturated carbocycles. The van der Waals surface area contributed by atoms with Crippen molar-refractivity contribution in [1.82, 2.24) is 4.31 Å². The van der Waals surface area contributed by atoms with Crippen LogP contribution in [0.25, 0.3) is 0 Å². The molecule has 0 unspecified atom stereocenters. The van der Waals surface area contributed by atoms with Crippen molar-refractivity contribution in [3.05, 3.63) is 22.7 Å². The van der Waals surface area contributed by atoms with Gasteiger partial charge < -0.3 is 4.74 Å². The molecule has 4 nitrogen and oxygen atoms in total. The van der Waals surface area contributed by atoms with E-state index in [4.69, 9.17) is 4.74 Å². The molecule has 6 heteroatoms. The van der Waals surface area contributed by atoms with Gasteiger partial charge in [-0.05, 0) is 42.9 Å². The van der Waals surface area contributed by atoms with E-state index in [9.17, 15) is 8.42 Å². The molecular formula is C16H22BrNO3S. The van der Waals surface area contributed by atoms with Crippen LogP contribution < -0.4 is 4.74 Å². The lowest BCUT2D eigenvalue weighted by atomic mass is 9.76. The van der Waals surface area contributed by atoms with E-state index in [-0.39, 0.29) is 4.90 Å². The number of halogens is 1. The second kappa shape index (κ2) is 6.49. The van der Waals surface area contributed by atoms with E-state index in [1.165, 1.54) is 26.4 Å². The molecule has 1 aromatic rings. The Labute approximate surface area is 141 Å². The topological polar surface area (TPSA) is 46.6 Å². The summed E-state index contributed by atoms with van der Waals surface area (Å²) in [5, 5.41) is 0. The second-order valence-corrected chi connectivity index (χ2v) is 9.07. The molecule has 1 heterocycles. The van der Waals surface area contributed by atoms with Crippen LogP contribution in [0.1, 0.15) is 32.1 Å². The third kappa shape index (κ3) is 3.05. The Balaban J connectivity index is 1.88. The summed E-state index contributed by atoms with van der Waals surface area (Å²) in [5.74, 6) is 1.65. The van der Waals surface area contributed by atoms with Gasteiger partial charge in [-0.25, -0.2) is 8.42 Å². The van der Waals surface area contributed by atoms with E-state index in [0.717, 1.165) is 17.3 Å². The maximum absolute atomic E-state index is 13.0. The molecule has 22 heavy (non-hydrogen) atoms. The minimum Gasteiger partial charge on any atom is -0.495 e. The molecule has 1 aromatic carbocycles. The number of piperidine rings is 1. The van der Waals surface area contributed by atoms with Crippen LogP contribution in [0.15, 0.2) is 27.6 Å². The van der Waals surface area contributed by atoms with Gasteiger partial charge in [-0.15, -0.1) is 0 Å². The Morgan fingerprint density at radius 3 is 2.64 bits per heavy atom. The number of hydrogen-bond acceptors (Lipinski definition) is 3. The zero-order valence-corrected chi connectivity index (χ0v) is 15.2. The van der Waals surface area contributed by atoms with Gasteiger partial charge in [-0.1, -0.05) is 35.2 Å². The third-order valence-electron chi connectivity index (χ3n) is 5.00. The van der Waals surface area contributed by atoms with Crippen LogP contribution in [0.5, 0.6) is 5.75 Å². The highest BCUT2D eigenvalue weighted by atomic mass is 79.9. The molecular weight excluding hydrogens is 366 g/mol. The standard InChI is InChI=1S/C16H22BrNO3S/c1-21-15-7-6-14(17)10-16(15)22(19,20)18-9-8-12-4-2-3-5-13(12)11-18/h6-7,10,12-13H,2-5,8-9,11H2,1H3/t12-,13+/m0/s1. The van der Waals surface area contributed by atoms with E-state index in [1.807, 2.05) is 0 Å². The smallest absolute Gasteiger partial charge is 0.246 e. The monoisotopic (exact) mass is 387 g/mol. The second-order valence-electron chi connectivity index (χ2n) is 6.25. The first kappa shape index (κ1) is 16.3. The molecule has 1 saturated heterocycles. The maximum atomic E-state index is 13.0. The lowest BCUT2D eigenvalue weighted by Crippen LogP contribution is -2.44. The molecule has 0 N–H and O–H groups in total. The van der Waals surface area contributed by atoms with Gasteiger partial charge >= 0.3 is 0 Å². The minimum absolute atomic E-state index is 0.263. The molecule has 122 valence electrons. The molecule has 0 radical (unpaired) electrons. The lowest BCUT2D eigenvalue weighted by Gasteiger charge is -2.40. The summed E-state index contributed by atoms with van der Waals surface area (Å²) in [4.78, 5) is 0.263. The van der Waals surface area contributed by atoms with Gasteiger partial charge in [0.15, 0.2) is 0 Å². The zero-order chi connectivity index (χ0) is 15.7. The van der Waals surface area contributed by atoms with Crippen LogP contribution in [0.2, 0.25) is 0 Å². The molecule has 2 aliphatic rings. The molecule has 0 spiro atoms. The van der Waals surface area contributed by atoms with Crippen molar-refractivity contribution < 1.29 is 13.2 Å². The zero-order valence-electron chi connectivity index (χ0n) is 12.8. The van der Waals surface area contributed by atoms with Crippen molar-refractivity contribution >= 4 is 26.0 Å².